The van der Waals surface area contributed by atoms with Crippen LogP contribution in [-0.4, -0.2) is 35.7 Å². The Morgan fingerprint density at radius 3 is 2.75 bits per heavy atom. The number of rotatable bonds is 4. The Kier molecular flexibility index (Phi) is 4.76. The molecule has 0 aromatic heterocycles. The molecule has 1 heterocycles. The first-order chi connectivity index (χ1) is 9.45. The van der Waals surface area contributed by atoms with E-state index in [1.54, 1.807) is 11.8 Å². The van der Waals surface area contributed by atoms with Crippen LogP contribution in [0.3, 0.4) is 0 Å². The van der Waals surface area contributed by atoms with Crippen LogP contribution >= 0.6 is 11.8 Å². The molecule has 0 saturated carbocycles. The fourth-order valence-electron chi connectivity index (χ4n) is 2.53. The first kappa shape index (κ1) is 15.4. The molecular weight excluding hydrogens is 268 g/mol. The van der Waals surface area contributed by atoms with Gasteiger partial charge in [0, 0.05) is 23.2 Å². The topological polar surface area (TPSA) is 46.3 Å². The van der Waals surface area contributed by atoms with Gasteiger partial charge in [-0.1, -0.05) is 32.9 Å². The van der Waals surface area contributed by atoms with Crippen molar-refractivity contribution in [3.8, 4) is 0 Å². The van der Waals surface area contributed by atoms with Crippen LogP contribution in [-0.2, 0) is 0 Å². The number of amides is 1. The highest BCUT2D eigenvalue weighted by Gasteiger charge is 2.35. The summed E-state index contributed by atoms with van der Waals surface area (Å²) >= 11 is 1.75. The molecule has 1 aliphatic rings. The van der Waals surface area contributed by atoms with Gasteiger partial charge in [0.1, 0.15) is 0 Å². The Labute approximate surface area is 125 Å². The minimum atomic E-state index is 0.0792. The zero-order valence-electron chi connectivity index (χ0n) is 12.6. The fraction of sp³-hybridized carbons (Fsp3) is 0.562. The zero-order chi connectivity index (χ0) is 14.8. The molecule has 1 aromatic rings. The number of thioether (sulfide) groups is 1. The van der Waals surface area contributed by atoms with E-state index in [0.29, 0.717) is 11.8 Å². The number of nitrogens with two attached hydrogens (primary N) is 1. The van der Waals surface area contributed by atoms with Crippen LogP contribution in [0.2, 0.25) is 0 Å². The lowest BCUT2D eigenvalue weighted by atomic mass is 9.90. The lowest BCUT2D eigenvalue weighted by Gasteiger charge is -2.23. The van der Waals surface area contributed by atoms with Gasteiger partial charge < -0.3 is 10.6 Å². The maximum absolute atomic E-state index is 12.7. The van der Waals surface area contributed by atoms with E-state index in [1.165, 1.54) is 0 Å². The van der Waals surface area contributed by atoms with E-state index in [2.05, 4.69) is 20.8 Å². The van der Waals surface area contributed by atoms with E-state index in [-0.39, 0.29) is 11.3 Å². The van der Waals surface area contributed by atoms with E-state index in [0.717, 1.165) is 30.0 Å². The molecule has 1 atom stereocenters. The monoisotopic (exact) mass is 292 g/mol. The van der Waals surface area contributed by atoms with Crippen LogP contribution < -0.4 is 5.73 Å². The van der Waals surface area contributed by atoms with Crippen molar-refractivity contribution in [2.75, 3.05) is 19.6 Å². The number of likely N-dealkylation sites (tertiary alicyclic amines) is 1. The van der Waals surface area contributed by atoms with Gasteiger partial charge in [-0.2, -0.15) is 0 Å². The molecule has 1 fully saturated rings. The predicted octanol–water partition coefficient (Wildman–Crippen LogP) is 3.00. The van der Waals surface area contributed by atoms with Crippen LogP contribution in [0.5, 0.6) is 0 Å². The molecule has 2 rings (SSSR count). The van der Waals surface area contributed by atoms with Crippen molar-refractivity contribution >= 4 is 17.7 Å². The van der Waals surface area contributed by atoms with Crippen molar-refractivity contribution in [3.05, 3.63) is 29.8 Å². The van der Waals surface area contributed by atoms with E-state index >= 15 is 0 Å². The lowest BCUT2D eigenvalue weighted by Crippen LogP contribution is -2.34. The van der Waals surface area contributed by atoms with Gasteiger partial charge >= 0.3 is 0 Å². The SMILES string of the molecule is CC(C)Sc1ccccc1C(=O)N1CCC(C)(CN)C1. The molecule has 0 bridgehead atoms. The highest BCUT2D eigenvalue weighted by atomic mass is 32.2. The average Bonchev–Trinajstić information content (AvgIpc) is 2.81. The quantitative estimate of drug-likeness (QED) is 0.868. The number of carbonyl (C=O) groups excluding carboxylic acids is 1. The van der Waals surface area contributed by atoms with Gasteiger partial charge in [-0.3, -0.25) is 4.79 Å². The van der Waals surface area contributed by atoms with Crippen molar-refractivity contribution in [3.63, 3.8) is 0 Å². The maximum atomic E-state index is 12.7. The zero-order valence-corrected chi connectivity index (χ0v) is 13.4. The number of hydrogen-bond donors (Lipinski definition) is 1. The van der Waals surface area contributed by atoms with Crippen LogP contribution in [0.25, 0.3) is 0 Å². The van der Waals surface area contributed by atoms with Crippen LogP contribution in [0.1, 0.15) is 37.6 Å². The summed E-state index contributed by atoms with van der Waals surface area (Å²) in [6.07, 6.45) is 0.995. The summed E-state index contributed by atoms with van der Waals surface area (Å²) in [5, 5.41) is 0.469. The number of carbonyl (C=O) groups is 1. The highest BCUT2D eigenvalue weighted by molar-refractivity contribution is 8.00. The first-order valence-corrected chi connectivity index (χ1v) is 8.08. The number of hydrogen-bond acceptors (Lipinski definition) is 3. The van der Waals surface area contributed by atoms with Crippen LogP contribution in [0.15, 0.2) is 29.2 Å². The second kappa shape index (κ2) is 6.19. The first-order valence-electron chi connectivity index (χ1n) is 7.20. The fourth-order valence-corrected chi connectivity index (χ4v) is 3.48. The summed E-state index contributed by atoms with van der Waals surface area (Å²) in [5.41, 5.74) is 6.73. The standard InChI is InChI=1S/C16H24N2OS/c1-12(2)20-14-7-5-4-6-13(14)15(19)18-9-8-16(3,10-17)11-18/h4-7,12H,8-11,17H2,1-3H3. The van der Waals surface area contributed by atoms with E-state index < -0.39 is 0 Å². The molecule has 1 aliphatic heterocycles. The third kappa shape index (κ3) is 3.36. The molecule has 1 amide bonds. The molecule has 0 spiro atoms. The molecule has 3 nitrogen and oxygen atoms in total. The molecule has 1 saturated heterocycles. The summed E-state index contributed by atoms with van der Waals surface area (Å²) in [4.78, 5) is 15.8. The second-order valence-electron chi connectivity index (χ2n) is 6.15. The summed E-state index contributed by atoms with van der Waals surface area (Å²) in [6.45, 7) is 8.67. The number of nitrogens with zero attached hydrogens (tertiary/aromatic N) is 1. The van der Waals surface area contributed by atoms with Crippen molar-refractivity contribution in [1.29, 1.82) is 0 Å². The summed E-state index contributed by atoms with van der Waals surface area (Å²) in [6, 6.07) is 7.91. The lowest BCUT2D eigenvalue weighted by molar-refractivity contribution is 0.0773. The molecule has 0 aliphatic carbocycles. The number of benzene rings is 1. The molecule has 20 heavy (non-hydrogen) atoms. The average molecular weight is 292 g/mol. The van der Waals surface area contributed by atoms with E-state index in [1.807, 2.05) is 29.2 Å². The second-order valence-corrected chi connectivity index (χ2v) is 7.77. The van der Waals surface area contributed by atoms with Gasteiger partial charge in [-0.15, -0.1) is 11.8 Å². The Bertz CT molecular complexity index is 489. The molecule has 1 aromatic carbocycles. The third-order valence-corrected chi connectivity index (χ3v) is 4.90. The van der Waals surface area contributed by atoms with Crippen LogP contribution in [0, 0.1) is 5.41 Å². The molecule has 1 unspecified atom stereocenters. The smallest absolute Gasteiger partial charge is 0.255 e. The minimum absolute atomic E-state index is 0.0792. The Morgan fingerprint density at radius 2 is 2.15 bits per heavy atom. The van der Waals surface area contributed by atoms with Gasteiger partial charge in [-0.25, -0.2) is 0 Å². The van der Waals surface area contributed by atoms with Gasteiger partial charge in [0.2, 0.25) is 0 Å². The predicted molar refractivity (Wildman–Crippen MR) is 85.1 cm³/mol. The van der Waals surface area contributed by atoms with Crippen molar-refractivity contribution in [1.82, 2.24) is 4.90 Å². The maximum Gasteiger partial charge on any atom is 0.255 e. The van der Waals surface area contributed by atoms with Crippen molar-refractivity contribution < 1.29 is 4.79 Å². The summed E-state index contributed by atoms with van der Waals surface area (Å²) in [7, 11) is 0. The summed E-state index contributed by atoms with van der Waals surface area (Å²) in [5.74, 6) is 0.144. The Balaban J connectivity index is 2.18. The minimum Gasteiger partial charge on any atom is -0.338 e. The largest absolute Gasteiger partial charge is 0.338 e. The van der Waals surface area contributed by atoms with E-state index in [9.17, 15) is 4.79 Å². The summed E-state index contributed by atoms with van der Waals surface area (Å²) < 4.78 is 0. The molecule has 4 heteroatoms. The van der Waals surface area contributed by atoms with Gasteiger partial charge in [-0.05, 0) is 30.5 Å². The van der Waals surface area contributed by atoms with Crippen molar-refractivity contribution in [2.24, 2.45) is 11.1 Å². The highest BCUT2D eigenvalue weighted by Crippen LogP contribution is 2.32. The molecular formula is C16H24N2OS. The molecule has 0 radical (unpaired) electrons. The van der Waals surface area contributed by atoms with E-state index in [4.69, 9.17) is 5.73 Å². The molecule has 110 valence electrons. The Morgan fingerprint density at radius 1 is 1.45 bits per heavy atom. The van der Waals surface area contributed by atoms with Gasteiger partial charge in [0.25, 0.3) is 5.91 Å². The van der Waals surface area contributed by atoms with Crippen molar-refractivity contribution in [2.45, 2.75) is 37.3 Å². The molecule has 2 N–H and O–H groups in total. The third-order valence-electron chi connectivity index (χ3n) is 3.82. The van der Waals surface area contributed by atoms with Gasteiger partial charge in [0.15, 0.2) is 0 Å². The Hall–Kier alpha value is -1.00. The normalized spacial score (nSPS) is 22.6. The van der Waals surface area contributed by atoms with Crippen LogP contribution in [0.4, 0.5) is 0 Å². The van der Waals surface area contributed by atoms with Gasteiger partial charge in [0.05, 0.1) is 5.56 Å².